The topological polar surface area (TPSA) is 158 Å². The maximum absolute atomic E-state index is 12.2. The Morgan fingerprint density at radius 2 is 1.88 bits per heavy atom. The van der Waals surface area contributed by atoms with Crippen molar-refractivity contribution in [3.05, 3.63) is 40.2 Å². The lowest BCUT2D eigenvalue weighted by Gasteiger charge is -2.17. The summed E-state index contributed by atoms with van der Waals surface area (Å²) in [5, 5.41) is 5.76. The predicted molar refractivity (Wildman–Crippen MR) is 95.2 cm³/mol. The van der Waals surface area contributed by atoms with Crippen LogP contribution in [0.5, 0.6) is 0 Å². The van der Waals surface area contributed by atoms with Gasteiger partial charge in [-0.25, -0.2) is 4.79 Å². The van der Waals surface area contributed by atoms with Gasteiger partial charge < -0.3 is 26.5 Å². The van der Waals surface area contributed by atoms with Gasteiger partial charge in [0.2, 0.25) is 17.7 Å². The van der Waals surface area contributed by atoms with Crippen LogP contribution in [-0.2, 0) is 14.4 Å². The Hall–Kier alpha value is -3.20. The minimum Gasteiger partial charge on any atom is -0.423 e. The maximum atomic E-state index is 12.2. The monoisotopic (exact) mass is 360 g/mol. The molecular formula is C17H20N4O5. The minimum atomic E-state index is -1.12. The Bertz CT molecular complexity index is 921. The number of benzene rings is 1. The molecule has 138 valence electrons. The summed E-state index contributed by atoms with van der Waals surface area (Å²) in [6.45, 7) is 3.25. The Kier molecular flexibility index (Phi) is 5.73. The summed E-state index contributed by atoms with van der Waals surface area (Å²) in [6, 6.07) is 4.25. The summed E-state index contributed by atoms with van der Waals surface area (Å²) < 4.78 is 5.12. The molecule has 0 radical (unpaired) electrons. The highest BCUT2D eigenvalue weighted by atomic mass is 16.4. The van der Waals surface area contributed by atoms with Gasteiger partial charge in [-0.1, -0.05) is 0 Å². The van der Waals surface area contributed by atoms with Crippen LogP contribution in [0.1, 0.15) is 18.9 Å². The van der Waals surface area contributed by atoms with Gasteiger partial charge >= 0.3 is 5.63 Å². The molecule has 0 saturated heterocycles. The predicted octanol–water partition coefficient (Wildman–Crippen LogP) is -0.253. The third kappa shape index (κ3) is 4.67. The number of rotatable bonds is 6. The number of hydrogen-bond donors (Lipinski definition) is 4. The van der Waals surface area contributed by atoms with Crippen LogP contribution >= 0.6 is 0 Å². The summed E-state index contributed by atoms with van der Waals surface area (Å²) in [7, 11) is 0. The molecule has 9 heteroatoms. The third-order valence-electron chi connectivity index (χ3n) is 3.73. The fourth-order valence-electron chi connectivity index (χ4n) is 2.35. The molecule has 2 atom stereocenters. The zero-order valence-electron chi connectivity index (χ0n) is 14.4. The van der Waals surface area contributed by atoms with E-state index in [9.17, 15) is 19.2 Å². The van der Waals surface area contributed by atoms with E-state index in [-0.39, 0.29) is 6.42 Å². The van der Waals surface area contributed by atoms with Crippen molar-refractivity contribution in [3.8, 4) is 0 Å². The van der Waals surface area contributed by atoms with E-state index in [1.54, 1.807) is 19.1 Å². The maximum Gasteiger partial charge on any atom is 0.336 e. The third-order valence-corrected chi connectivity index (χ3v) is 3.73. The van der Waals surface area contributed by atoms with Gasteiger partial charge in [-0.3, -0.25) is 14.4 Å². The van der Waals surface area contributed by atoms with Gasteiger partial charge in [0.25, 0.3) is 0 Å². The van der Waals surface area contributed by atoms with E-state index in [2.05, 4.69) is 10.6 Å². The largest absolute Gasteiger partial charge is 0.423 e. The number of aryl methyl sites for hydroxylation is 1. The minimum absolute atomic E-state index is 0.316. The smallest absolute Gasteiger partial charge is 0.336 e. The summed E-state index contributed by atoms with van der Waals surface area (Å²) in [5.41, 5.74) is 11.5. The van der Waals surface area contributed by atoms with Crippen LogP contribution in [0.25, 0.3) is 11.0 Å². The molecule has 0 aliphatic heterocycles. The number of primary amides is 1. The van der Waals surface area contributed by atoms with Gasteiger partial charge in [0.05, 0.1) is 12.5 Å². The number of fused-ring (bicyclic) bond motifs is 1. The molecule has 0 fully saturated rings. The van der Waals surface area contributed by atoms with Gasteiger partial charge in [0, 0.05) is 23.2 Å². The number of anilines is 1. The van der Waals surface area contributed by atoms with Crippen LogP contribution in [0, 0.1) is 6.92 Å². The van der Waals surface area contributed by atoms with Gasteiger partial charge in [-0.2, -0.15) is 0 Å². The summed E-state index contributed by atoms with van der Waals surface area (Å²) >= 11 is 0. The van der Waals surface area contributed by atoms with Crippen LogP contribution in [0.3, 0.4) is 0 Å². The van der Waals surface area contributed by atoms with Crippen molar-refractivity contribution in [2.45, 2.75) is 32.4 Å². The SMILES string of the molecule is Cc1cc(=O)oc2cc(NC(=O)C(C)NC(=O)C(N)CC(N)=O)ccc12. The van der Waals surface area contributed by atoms with E-state index in [0.29, 0.717) is 11.3 Å². The second-order valence-corrected chi connectivity index (χ2v) is 5.96. The van der Waals surface area contributed by atoms with Crippen LogP contribution in [0.15, 0.2) is 33.5 Å². The zero-order chi connectivity index (χ0) is 19.4. The fraction of sp³-hybridized carbons (Fsp3) is 0.294. The molecule has 6 N–H and O–H groups in total. The van der Waals surface area contributed by atoms with Crippen molar-refractivity contribution >= 4 is 34.4 Å². The zero-order valence-corrected chi connectivity index (χ0v) is 14.4. The number of nitrogens with two attached hydrogens (primary N) is 2. The first-order valence-electron chi connectivity index (χ1n) is 7.87. The van der Waals surface area contributed by atoms with Crippen molar-refractivity contribution in [2.75, 3.05) is 5.32 Å². The molecule has 0 bridgehead atoms. The van der Waals surface area contributed by atoms with Crippen molar-refractivity contribution in [2.24, 2.45) is 11.5 Å². The van der Waals surface area contributed by atoms with Crippen molar-refractivity contribution in [1.29, 1.82) is 0 Å². The number of nitrogens with one attached hydrogen (secondary N) is 2. The lowest BCUT2D eigenvalue weighted by atomic mass is 10.1. The highest BCUT2D eigenvalue weighted by molar-refractivity contribution is 5.99. The number of hydrogen-bond acceptors (Lipinski definition) is 6. The van der Waals surface area contributed by atoms with E-state index in [1.165, 1.54) is 19.1 Å². The molecule has 1 aromatic carbocycles. The molecule has 2 aromatic rings. The Balaban J connectivity index is 2.07. The Labute approximate surface area is 148 Å². The molecule has 0 saturated carbocycles. The lowest BCUT2D eigenvalue weighted by molar-refractivity contribution is -0.128. The molecule has 1 aromatic heterocycles. The fourth-order valence-corrected chi connectivity index (χ4v) is 2.35. The normalized spacial score (nSPS) is 13.0. The first-order valence-corrected chi connectivity index (χ1v) is 7.87. The van der Waals surface area contributed by atoms with Crippen molar-refractivity contribution in [3.63, 3.8) is 0 Å². The molecule has 0 aliphatic carbocycles. The van der Waals surface area contributed by atoms with Crippen LogP contribution in [0.4, 0.5) is 5.69 Å². The Morgan fingerprint density at radius 3 is 2.54 bits per heavy atom. The number of carbonyl (C=O) groups is 3. The van der Waals surface area contributed by atoms with E-state index in [0.717, 1.165) is 10.9 Å². The average Bonchev–Trinajstić information content (AvgIpc) is 2.53. The van der Waals surface area contributed by atoms with Gasteiger partial charge in [0.15, 0.2) is 0 Å². The van der Waals surface area contributed by atoms with E-state index in [1.807, 2.05) is 0 Å². The van der Waals surface area contributed by atoms with Crippen molar-refractivity contribution in [1.82, 2.24) is 5.32 Å². The van der Waals surface area contributed by atoms with Crippen LogP contribution in [-0.4, -0.2) is 29.8 Å². The van der Waals surface area contributed by atoms with Crippen molar-refractivity contribution < 1.29 is 18.8 Å². The molecule has 2 rings (SSSR count). The first kappa shape index (κ1) is 19.1. The van der Waals surface area contributed by atoms with Gasteiger partial charge in [0.1, 0.15) is 11.6 Å². The summed E-state index contributed by atoms with van der Waals surface area (Å²) in [4.78, 5) is 46.3. The molecule has 0 spiro atoms. The highest BCUT2D eigenvalue weighted by Gasteiger charge is 2.21. The first-order chi connectivity index (χ1) is 12.2. The second kappa shape index (κ2) is 7.79. The molecular weight excluding hydrogens is 340 g/mol. The van der Waals surface area contributed by atoms with Crippen LogP contribution in [0.2, 0.25) is 0 Å². The van der Waals surface area contributed by atoms with Gasteiger partial charge in [-0.05, 0) is 31.5 Å². The number of amides is 3. The standard InChI is InChI=1S/C17H20N4O5/c1-8-5-15(23)26-13-6-10(3-4-11(8)13)21-16(24)9(2)20-17(25)12(18)7-14(19)22/h3-6,9,12H,7,18H2,1-2H3,(H2,19,22)(H,20,25)(H,21,24). The molecule has 9 nitrogen and oxygen atoms in total. The van der Waals surface area contributed by atoms with E-state index in [4.69, 9.17) is 15.9 Å². The van der Waals surface area contributed by atoms with Gasteiger partial charge in [-0.15, -0.1) is 0 Å². The highest BCUT2D eigenvalue weighted by Crippen LogP contribution is 2.20. The second-order valence-electron chi connectivity index (χ2n) is 5.96. The molecule has 2 unspecified atom stereocenters. The van der Waals surface area contributed by atoms with Crippen LogP contribution < -0.4 is 27.7 Å². The summed E-state index contributed by atoms with van der Waals surface area (Å²) in [5.74, 6) is -1.87. The summed E-state index contributed by atoms with van der Waals surface area (Å²) in [6.07, 6.45) is -0.316. The quantitative estimate of drug-likeness (QED) is 0.520. The average molecular weight is 360 g/mol. The Morgan fingerprint density at radius 1 is 1.19 bits per heavy atom. The van der Waals surface area contributed by atoms with E-state index < -0.39 is 35.4 Å². The molecule has 3 amide bonds. The van der Waals surface area contributed by atoms with E-state index >= 15 is 0 Å². The number of carbonyl (C=O) groups excluding carboxylic acids is 3. The molecule has 26 heavy (non-hydrogen) atoms. The lowest BCUT2D eigenvalue weighted by Crippen LogP contribution is -2.49. The molecule has 0 aliphatic rings. The molecule has 1 heterocycles.